The van der Waals surface area contributed by atoms with Crippen LogP contribution in [-0.4, -0.2) is 77.2 Å². The molecule has 2 aliphatic heterocycles. The zero-order valence-corrected chi connectivity index (χ0v) is 18.2. The highest BCUT2D eigenvalue weighted by Crippen LogP contribution is 2.43. The average molecular weight is 405 g/mol. The standard InChI is InChI=1S/C21H32N4O2S/c1-15(2)22-21(27)24-12-9-23(10-13-24)11-14-25-19(26)17(4)28-20(25)18-8-6-5-7-16(18)3/h5-8,15,17,20H,9-14H2,1-4H3,(H,22,27). The van der Waals surface area contributed by atoms with E-state index in [2.05, 4.69) is 35.3 Å². The predicted molar refractivity (Wildman–Crippen MR) is 114 cm³/mol. The summed E-state index contributed by atoms with van der Waals surface area (Å²) in [5.74, 6) is 0.230. The Hall–Kier alpha value is -1.73. The number of urea groups is 1. The maximum atomic E-state index is 12.7. The van der Waals surface area contributed by atoms with Gasteiger partial charge in [-0.3, -0.25) is 9.69 Å². The van der Waals surface area contributed by atoms with Crippen molar-refractivity contribution >= 4 is 23.7 Å². The van der Waals surface area contributed by atoms with Crippen molar-refractivity contribution in [1.29, 1.82) is 0 Å². The molecule has 0 bridgehead atoms. The van der Waals surface area contributed by atoms with E-state index in [-0.39, 0.29) is 28.6 Å². The van der Waals surface area contributed by atoms with E-state index in [1.54, 1.807) is 11.8 Å². The second-order valence-electron chi connectivity index (χ2n) is 7.95. The van der Waals surface area contributed by atoms with E-state index in [1.165, 1.54) is 11.1 Å². The maximum absolute atomic E-state index is 12.7. The molecule has 0 spiro atoms. The Bertz CT molecular complexity index is 703. The number of thioether (sulfide) groups is 1. The van der Waals surface area contributed by atoms with Gasteiger partial charge in [-0.15, -0.1) is 11.8 Å². The molecule has 2 heterocycles. The second kappa shape index (κ2) is 9.18. The first-order chi connectivity index (χ1) is 13.4. The molecule has 2 aliphatic rings. The normalized spacial score (nSPS) is 23.5. The summed E-state index contributed by atoms with van der Waals surface area (Å²) in [5.41, 5.74) is 2.47. The lowest BCUT2D eigenvalue weighted by Crippen LogP contribution is -2.53. The molecule has 0 aromatic heterocycles. The second-order valence-corrected chi connectivity index (χ2v) is 9.38. The fraction of sp³-hybridized carbons (Fsp3) is 0.619. The van der Waals surface area contributed by atoms with Gasteiger partial charge >= 0.3 is 6.03 Å². The Kier molecular flexibility index (Phi) is 6.88. The largest absolute Gasteiger partial charge is 0.336 e. The first-order valence-electron chi connectivity index (χ1n) is 10.2. The van der Waals surface area contributed by atoms with Crippen molar-refractivity contribution in [3.63, 3.8) is 0 Å². The van der Waals surface area contributed by atoms with Crippen LogP contribution in [0.4, 0.5) is 4.79 Å². The minimum Gasteiger partial charge on any atom is -0.336 e. The van der Waals surface area contributed by atoms with Crippen LogP contribution in [0.15, 0.2) is 24.3 Å². The molecule has 2 fully saturated rings. The number of rotatable bonds is 5. The maximum Gasteiger partial charge on any atom is 0.317 e. The molecule has 0 radical (unpaired) electrons. The van der Waals surface area contributed by atoms with E-state index in [1.807, 2.05) is 36.6 Å². The van der Waals surface area contributed by atoms with Crippen molar-refractivity contribution in [2.24, 2.45) is 0 Å². The summed E-state index contributed by atoms with van der Waals surface area (Å²) in [6.45, 7) is 12.8. The zero-order chi connectivity index (χ0) is 20.3. The van der Waals surface area contributed by atoms with Gasteiger partial charge in [-0.2, -0.15) is 0 Å². The third kappa shape index (κ3) is 4.81. The number of hydrogen-bond donors (Lipinski definition) is 1. The molecule has 3 rings (SSSR count). The lowest BCUT2D eigenvalue weighted by Gasteiger charge is -2.36. The smallest absolute Gasteiger partial charge is 0.317 e. The molecule has 0 saturated carbocycles. The monoisotopic (exact) mass is 404 g/mol. The van der Waals surface area contributed by atoms with Crippen molar-refractivity contribution < 1.29 is 9.59 Å². The summed E-state index contributed by atoms with van der Waals surface area (Å²) in [5, 5.41) is 3.06. The summed E-state index contributed by atoms with van der Waals surface area (Å²) < 4.78 is 0. The number of amides is 3. The summed E-state index contributed by atoms with van der Waals surface area (Å²) in [6.07, 6.45) is 0. The first-order valence-corrected chi connectivity index (χ1v) is 11.1. The molecule has 6 nitrogen and oxygen atoms in total. The molecular weight excluding hydrogens is 372 g/mol. The van der Waals surface area contributed by atoms with Gasteiger partial charge in [0.15, 0.2) is 0 Å². The van der Waals surface area contributed by atoms with E-state index in [9.17, 15) is 9.59 Å². The van der Waals surface area contributed by atoms with Gasteiger partial charge < -0.3 is 15.1 Å². The Morgan fingerprint density at radius 2 is 1.86 bits per heavy atom. The number of carbonyl (C=O) groups is 2. The van der Waals surface area contributed by atoms with Gasteiger partial charge in [0, 0.05) is 45.3 Å². The van der Waals surface area contributed by atoms with Crippen LogP contribution in [0.5, 0.6) is 0 Å². The molecule has 2 saturated heterocycles. The highest BCUT2D eigenvalue weighted by molar-refractivity contribution is 8.01. The molecule has 1 N–H and O–H groups in total. The molecule has 1 aromatic rings. The van der Waals surface area contributed by atoms with Gasteiger partial charge in [-0.25, -0.2) is 4.79 Å². The number of piperazine rings is 1. The third-order valence-corrected chi connectivity index (χ3v) is 6.81. The molecule has 28 heavy (non-hydrogen) atoms. The molecule has 1 aromatic carbocycles. The quantitative estimate of drug-likeness (QED) is 0.820. The number of carbonyl (C=O) groups excluding carboxylic acids is 2. The topological polar surface area (TPSA) is 55.9 Å². The molecule has 2 atom stereocenters. The van der Waals surface area contributed by atoms with Gasteiger partial charge in [0.25, 0.3) is 0 Å². The molecule has 154 valence electrons. The van der Waals surface area contributed by atoms with Gasteiger partial charge in [-0.05, 0) is 38.8 Å². The lowest BCUT2D eigenvalue weighted by atomic mass is 10.1. The van der Waals surface area contributed by atoms with Gasteiger partial charge in [-0.1, -0.05) is 24.3 Å². The highest BCUT2D eigenvalue weighted by atomic mass is 32.2. The van der Waals surface area contributed by atoms with Crippen molar-refractivity contribution in [3.8, 4) is 0 Å². The summed E-state index contributed by atoms with van der Waals surface area (Å²) in [7, 11) is 0. The SMILES string of the molecule is Cc1ccccc1C1SC(C)C(=O)N1CCN1CCN(C(=O)NC(C)C)CC1. The predicted octanol–water partition coefficient (Wildman–Crippen LogP) is 2.69. The van der Waals surface area contributed by atoms with Crippen LogP contribution in [0.2, 0.25) is 0 Å². The highest BCUT2D eigenvalue weighted by Gasteiger charge is 2.39. The minimum absolute atomic E-state index is 0.00110. The van der Waals surface area contributed by atoms with Crippen LogP contribution >= 0.6 is 11.8 Å². The first kappa shape index (κ1) is 21.0. The Morgan fingerprint density at radius 1 is 1.18 bits per heavy atom. The molecular formula is C21H32N4O2S. The lowest BCUT2D eigenvalue weighted by molar-refractivity contribution is -0.130. The molecule has 3 amide bonds. The van der Waals surface area contributed by atoms with E-state index in [4.69, 9.17) is 0 Å². The Balaban J connectivity index is 1.55. The van der Waals surface area contributed by atoms with E-state index in [0.717, 1.165) is 39.3 Å². The van der Waals surface area contributed by atoms with Crippen LogP contribution in [0.3, 0.4) is 0 Å². The fourth-order valence-corrected chi connectivity index (χ4v) is 5.17. The summed E-state index contributed by atoms with van der Waals surface area (Å²) in [4.78, 5) is 31.2. The Labute approximate surface area is 172 Å². The number of nitrogens with zero attached hydrogens (tertiary/aromatic N) is 3. The molecule has 7 heteroatoms. The Morgan fingerprint density at radius 3 is 2.50 bits per heavy atom. The summed E-state index contributed by atoms with van der Waals surface area (Å²) >= 11 is 1.74. The average Bonchev–Trinajstić information content (AvgIpc) is 2.94. The summed E-state index contributed by atoms with van der Waals surface area (Å²) in [6, 6.07) is 8.53. The number of benzene rings is 1. The fourth-order valence-electron chi connectivity index (χ4n) is 3.77. The molecule has 0 aliphatic carbocycles. The van der Waals surface area contributed by atoms with Crippen molar-refractivity contribution in [1.82, 2.24) is 20.0 Å². The number of hydrogen-bond acceptors (Lipinski definition) is 4. The molecule has 2 unspecified atom stereocenters. The van der Waals surface area contributed by atoms with Crippen molar-refractivity contribution in [2.75, 3.05) is 39.3 Å². The van der Waals surface area contributed by atoms with E-state index >= 15 is 0 Å². The van der Waals surface area contributed by atoms with Gasteiger partial charge in [0.05, 0.1) is 5.25 Å². The van der Waals surface area contributed by atoms with E-state index in [0.29, 0.717) is 0 Å². The third-order valence-electron chi connectivity index (χ3n) is 5.43. The van der Waals surface area contributed by atoms with Crippen molar-refractivity contribution in [2.45, 2.75) is 44.4 Å². The zero-order valence-electron chi connectivity index (χ0n) is 17.4. The van der Waals surface area contributed by atoms with E-state index < -0.39 is 0 Å². The van der Waals surface area contributed by atoms with Gasteiger partial charge in [0.1, 0.15) is 5.37 Å². The van der Waals surface area contributed by atoms with Crippen LogP contribution in [0.1, 0.15) is 37.3 Å². The van der Waals surface area contributed by atoms with Crippen molar-refractivity contribution in [3.05, 3.63) is 35.4 Å². The van der Waals surface area contributed by atoms with Crippen LogP contribution in [0, 0.1) is 6.92 Å². The number of aryl methyl sites for hydroxylation is 1. The minimum atomic E-state index is 0.00110. The van der Waals surface area contributed by atoms with Crippen LogP contribution in [-0.2, 0) is 4.79 Å². The van der Waals surface area contributed by atoms with Gasteiger partial charge in [0.2, 0.25) is 5.91 Å². The van der Waals surface area contributed by atoms with Crippen LogP contribution < -0.4 is 5.32 Å². The number of nitrogens with one attached hydrogen (secondary N) is 1. The van der Waals surface area contributed by atoms with Crippen LogP contribution in [0.25, 0.3) is 0 Å².